The van der Waals surface area contributed by atoms with Crippen LogP contribution in [0, 0.1) is 27.2 Å². The Morgan fingerprint density at radius 1 is 1.05 bits per heavy atom. The molecule has 11 heteroatoms. The third-order valence-corrected chi connectivity index (χ3v) is 7.63. The van der Waals surface area contributed by atoms with Crippen molar-refractivity contribution in [3.8, 4) is 0 Å². The van der Waals surface area contributed by atoms with E-state index in [9.17, 15) is 13.2 Å². The van der Waals surface area contributed by atoms with Crippen LogP contribution in [0.25, 0.3) is 10.2 Å². The Kier molecular flexibility index (Phi) is 11.6. The van der Waals surface area contributed by atoms with E-state index in [1.807, 2.05) is 30.3 Å². The predicted octanol–water partition coefficient (Wildman–Crippen LogP) is 1.52. The Bertz CT molecular complexity index is 1460. The minimum absolute atomic E-state index is 0. The van der Waals surface area contributed by atoms with E-state index in [2.05, 4.69) is 21.9 Å². The van der Waals surface area contributed by atoms with Gasteiger partial charge in [0.2, 0.25) is 10.0 Å². The molecule has 0 fully saturated rings. The molecule has 0 aliphatic rings. The molecule has 37 heavy (non-hydrogen) atoms. The van der Waals surface area contributed by atoms with Crippen molar-refractivity contribution in [3.05, 3.63) is 111 Å². The molecule has 3 aromatic carbocycles. The summed E-state index contributed by atoms with van der Waals surface area (Å²) in [5.41, 5.74) is 8.10. The van der Waals surface area contributed by atoms with Gasteiger partial charge in [0.1, 0.15) is 10.8 Å². The second kappa shape index (κ2) is 13.4. The standard InChI is InChI=1S/C24H22N5O3S2.2CH3.Li/c1-15(30)27-18-8-5-9-19(14-18)34(31,32)29-21(13-16-6-4-7-17(12-16)23(25)26)24-28-20-10-2-3-11-22(20)33-24;;;/h2-12,14,21,29H,1,13H2,(H3,25,26)(H,27,30);2*1H3;/q3*-1;+1/t21-;;;/m0.../s1. The van der Waals surface area contributed by atoms with Gasteiger partial charge in [0.15, 0.2) is 0 Å². The number of hydrogen-bond donors (Lipinski definition) is 4. The number of benzene rings is 3. The number of nitrogens with zero attached hydrogens (tertiary/aromatic N) is 1. The van der Waals surface area contributed by atoms with Crippen LogP contribution >= 0.6 is 11.3 Å². The second-order valence-corrected chi connectivity index (χ2v) is 10.4. The molecule has 0 unspecified atom stereocenters. The van der Waals surface area contributed by atoms with Gasteiger partial charge in [-0.1, -0.05) is 36.4 Å². The zero-order valence-corrected chi connectivity index (χ0v) is 22.6. The number of nitrogens with two attached hydrogens (primary N) is 1. The SMILES string of the molecule is [CH2-]C(=O)Nc1cccc(S(=O)(=O)N[C@@H](Cc2cccc(C(=N)N)c2)c2nc3ccccc3s2)c1.[CH3-].[CH3-].[Li+]. The van der Waals surface area contributed by atoms with Crippen LogP contribution in [0.4, 0.5) is 5.69 Å². The molecule has 4 rings (SSSR count). The molecule has 0 aliphatic heterocycles. The monoisotopic (exact) mass is 529 g/mol. The maximum atomic E-state index is 13.3. The van der Waals surface area contributed by atoms with Gasteiger partial charge in [-0.15, -0.1) is 11.3 Å². The smallest absolute Gasteiger partial charge is 0.384 e. The van der Waals surface area contributed by atoms with Gasteiger partial charge >= 0.3 is 18.9 Å². The minimum Gasteiger partial charge on any atom is -0.384 e. The number of carbonyl (C=O) groups is 1. The van der Waals surface area contributed by atoms with Crippen LogP contribution in [0.15, 0.2) is 77.7 Å². The van der Waals surface area contributed by atoms with Crippen LogP contribution in [-0.2, 0) is 21.2 Å². The Morgan fingerprint density at radius 3 is 2.43 bits per heavy atom. The summed E-state index contributed by atoms with van der Waals surface area (Å²) in [5.74, 6) is -0.608. The summed E-state index contributed by atoms with van der Waals surface area (Å²) >= 11 is 1.41. The molecule has 4 aromatic rings. The Hall–Kier alpha value is -3.13. The van der Waals surface area contributed by atoms with Gasteiger partial charge in [0, 0.05) is 11.3 Å². The molecule has 1 aromatic heterocycles. The summed E-state index contributed by atoms with van der Waals surface area (Å²) in [6, 6.07) is 20.0. The van der Waals surface area contributed by atoms with Crippen molar-refractivity contribution in [3.63, 3.8) is 0 Å². The first-order chi connectivity index (χ1) is 16.2. The summed E-state index contributed by atoms with van der Waals surface area (Å²) in [4.78, 5) is 15.9. The fourth-order valence-electron chi connectivity index (χ4n) is 3.48. The van der Waals surface area contributed by atoms with E-state index in [1.54, 1.807) is 30.3 Å². The van der Waals surface area contributed by atoms with Gasteiger partial charge in [-0.3, -0.25) is 5.41 Å². The number of amidine groups is 1. The number of thiazole rings is 1. The molecule has 0 saturated carbocycles. The van der Waals surface area contributed by atoms with Gasteiger partial charge in [-0.2, -0.15) is 0 Å². The van der Waals surface area contributed by atoms with Gasteiger partial charge in [0.25, 0.3) is 0 Å². The van der Waals surface area contributed by atoms with Crippen LogP contribution in [0.5, 0.6) is 0 Å². The maximum absolute atomic E-state index is 13.3. The Morgan fingerprint density at radius 2 is 1.76 bits per heavy atom. The van der Waals surface area contributed by atoms with Gasteiger partial charge in [0.05, 0.1) is 27.1 Å². The fraction of sp³-hybridized carbons (Fsp3) is 0.0769. The largest absolute Gasteiger partial charge is 1.00 e. The van der Waals surface area contributed by atoms with E-state index >= 15 is 0 Å². The van der Waals surface area contributed by atoms with Gasteiger partial charge in [-0.25, -0.2) is 18.1 Å². The molecule has 0 radical (unpaired) electrons. The summed E-state index contributed by atoms with van der Waals surface area (Å²) in [6.07, 6.45) is 0.301. The molecule has 1 atom stereocenters. The number of fused-ring (bicyclic) bond motifs is 1. The first-order valence-corrected chi connectivity index (χ1v) is 12.6. The number of sulfonamides is 1. The van der Waals surface area contributed by atoms with Crippen molar-refractivity contribution >= 4 is 49.0 Å². The predicted molar refractivity (Wildman–Crippen MR) is 147 cm³/mol. The summed E-state index contributed by atoms with van der Waals surface area (Å²) < 4.78 is 30.4. The quantitative estimate of drug-likeness (QED) is 0.119. The minimum atomic E-state index is -3.97. The second-order valence-electron chi connectivity index (χ2n) is 7.59. The normalized spacial score (nSPS) is 11.4. The van der Waals surface area contributed by atoms with E-state index in [1.165, 1.54) is 23.5 Å². The molecular formula is C26H28LiN5O3S2-2. The molecule has 190 valence electrons. The third-order valence-electron chi connectivity index (χ3n) is 5.01. The van der Waals surface area contributed by atoms with Crippen molar-refractivity contribution in [2.45, 2.75) is 17.4 Å². The van der Waals surface area contributed by atoms with Gasteiger partial charge < -0.3 is 37.6 Å². The zero-order valence-electron chi connectivity index (χ0n) is 21.0. The van der Waals surface area contributed by atoms with E-state index in [0.717, 1.165) is 15.8 Å². The number of carbonyl (C=O) groups excluding carboxylic acids is 1. The number of nitrogen functional groups attached to an aromatic ring is 1. The number of rotatable bonds is 8. The zero-order chi connectivity index (χ0) is 24.3. The first-order valence-electron chi connectivity index (χ1n) is 10.3. The average Bonchev–Trinajstić information content (AvgIpc) is 3.23. The Balaban J connectivity index is 0.00000228. The summed E-state index contributed by atoms with van der Waals surface area (Å²) in [6.45, 7) is 3.25. The average molecular weight is 530 g/mol. The number of para-hydroxylation sites is 1. The molecule has 1 heterocycles. The molecule has 0 aliphatic carbocycles. The molecule has 5 N–H and O–H groups in total. The summed E-state index contributed by atoms with van der Waals surface area (Å²) in [5, 5.41) is 10.8. The van der Waals surface area contributed by atoms with E-state index in [0.29, 0.717) is 22.7 Å². The number of nitrogens with one attached hydrogen (secondary N) is 3. The molecule has 1 amide bonds. The van der Waals surface area contributed by atoms with Crippen LogP contribution in [0.2, 0.25) is 0 Å². The van der Waals surface area contributed by atoms with Crippen LogP contribution in [0.3, 0.4) is 0 Å². The van der Waals surface area contributed by atoms with Crippen LogP contribution in [0.1, 0.15) is 22.2 Å². The Labute approximate surface area is 234 Å². The van der Waals surface area contributed by atoms with Crippen LogP contribution in [-0.4, -0.2) is 25.1 Å². The third kappa shape index (κ3) is 7.92. The molecule has 8 nitrogen and oxygen atoms in total. The van der Waals surface area contributed by atoms with E-state index in [4.69, 9.17) is 11.1 Å². The number of anilines is 1. The topological polar surface area (TPSA) is 138 Å². The van der Waals surface area contributed by atoms with Crippen molar-refractivity contribution in [2.24, 2.45) is 5.73 Å². The van der Waals surface area contributed by atoms with Crippen molar-refractivity contribution in [1.82, 2.24) is 9.71 Å². The number of hydrogen-bond acceptors (Lipinski definition) is 6. The molecule has 0 saturated heterocycles. The van der Waals surface area contributed by atoms with Crippen LogP contribution < -0.4 is 34.6 Å². The first kappa shape index (κ1) is 31.9. The van der Waals surface area contributed by atoms with E-state index in [-0.39, 0.29) is 44.4 Å². The summed E-state index contributed by atoms with van der Waals surface area (Å²) in [7, 11) is -3.97. The van der Waals surface area contributed by atoms with E-state index < -0.39 is 22.0 Å². The number of amides is 1. The maximum Gasteiger partial charge on any atom is 1.00 e. The fourth-order valence-corrected chi connectivity index (χ4v) is 5.82. The van der Waals surface area contributed by atoms with Crippen molar-refractivity contribution in [2.75, 3.05) is 5.32 Å². The molecule has 0 spiro atoms. The molecular weight excluding hydrogens is 501 g/mol. The van der Waals surface area contributed by atoms with Crippen molar-refractivity contribution in [1.29, 1.82) is 5.41 Å². The molecule has 0 bridgehead atoms. The van der Waals surface area contributed by atoms with Gasteiger partial charge in [-0.05, 0) is 48.4 Å². The van der Waals surface area contributed by atoms with Crippen molar-refractivity contribution < 1.29 is 32.1 Å². The number of aromatic nitrogens is 1.